The van der Waals surface area contributed by atoms with E-state index in [-0.39, 0.29) is 35.2 Å². The quantitative estimate of drug-likeness (QED) is 0.402. The molecule has 0 heterocycles. The van der Waals surface area contributed by atoms with Crippen LogP contribution in [0.1, 0.15) is 47.0 Å². The summed E-state index contributed by atoms with van der Waals surface area (Å²) in [6.45, 7) is 4.97. The Labute approximate surface area is 202 Å². The average Bonchev–Trinajstić information content (AvgIpc) is 3.17. The molecule has 0 amide bonds. The van der Waals surface area contributed by atoms with E-state index in [0.29, 0.717) is 24.3 Å². The third-order valence-electron chi connectivity index (χ3n) is 4.81. The van der Waals surface area contributed by atoms with E-state index in [0.717, 1.165) is 6.42 Å². The summed E-state index contributed by atoms with van der Waals surface area (Å²) in [6.07, 6.45) is 1.61. The Morgan fingerprint density at radius 2 is 0.914 bits per heavy atom. The van der Waals surface area contributed by atoms with E-state index in [9.17, 15) is 19.2 Å². The highest BCUT2D eigenvalue weighted by Gasteiger charge is 2.31. The number of hydrogen-bond donors (Lipinski definition) is 0. The monoisotopic (exact) mass is 486 g/mol. The molecule has 0 spiro atoms. The van der Waals surface area contributed by atoms with Gasteiger partial charge in [-0.2, -0.15) is 0 Å². The summed E-state index contributed by atoms with van der Waals surface area (Å²) in [5, 5.41) is 0. The van der Waals surface area contributed by atoms with Crippen LogP contribution in [0, 0.1) is 0 Å². The highest BCUT2D eigenvalue weighted by molar-refractivity contribution is 5.74. The van der Waals surface area contributed by atoms with E-state index in [1.165, 1.54) is 52.0 Å². The third-order valence-corrected chi connectivity index (χ3v) is 4.81. The zero-order valence-electron chi connectivity index (χ0n) is 19.8. The number of rotatable bonds is 8. The number of carbonyl (C=O) groups is 4. The lowest BCUT2D eigenvalue weighted by Gasteiger charge is -2.23. The van der Waals surface area contributed by atoms with Crippen molar-refractivity contribution in [1.29, 1.82) is 0 Å². The van der Waals surface area contributed by atoms with Crippen molar-refractivity contribution in [2.75, 3.05) is 0 Å². The predicted molar refractivity (Wildman–Crippen MR) is 121 cm³/mol. The minimum Gasteiger partial charge on any atom is -0.486 e. The summed E-state index contributed by atoms with van der Waals surface area (Å²) in [5.41, 5.74) is 0. The van der Waals surface area contributed by atoms with Crippen molar-refractivity contribution < 1.29 is 47.6 Å². The summed E-state index contributed by atoms with van der Waals surface area (Å²) < 4.78 is 32.7. The molecule has 10 heteroatoms. The molecule has 0 unspecified atom stereocenters. The van der Waals surface area contributed by atoms with E-state index in [1.807, 2.05) is 0 Å². The Morgan fingerprint density at radius 1 is 0.571 bits per heavy atom. The van der Waals surface area contributed by atoms with Gasteiger partial charge in [0.15, 0.2) is 23.0 Å². The highest BCUT2D eigenvalue weighted by atomic mass is 16.6. The Balaban J connectivity index is 1.76. The van der Waals surface area contributed by atoms with Gasteiger partial charge >= 0.3 is 23.9 Å². The molecule has 10 nitrogen and oxygen atoms in total. The van der Waals surface area contributed by atoms with Crippen LogP contribution in [0.2, 0.25) is 0 Å². The minimum atomic E-state index is -0.571. The van der Waals surface area contributed by atoms with Gasteiger partial charge in [-0.1, -0.05) is 0 Å². The number of esters is 4. The molecule has 0 saturated heterocycles. The van der Waals surface area contributed by atoms with Gasteiger partial charge in [-0.25, -0.2) is 0 Å². The van der Waals surface area contributed by atoms with Crippen molar-refractivity contribution in [2.45, 2.75) is 59.2 Å². The van der Waals surface area contributed by atoms with Gasteiger partial charge in [-0.15, -0.1) is 0 Å². The van der Waals surface area contributed by atoms with Crippen LogP contribution in [-0.2, 0) is 19.2 Å². The zero-order valence-corrected chi connectivity index (χ0v) is 19.8. The molecule has 0 aromatic heterocycles. The molecule has 2 aromatic rings. The van der Waals surface area contributed by atoms with Crippen molar-refractivity contribution in [3.63, 3.8) is 0 Å². The lowest BCUT2D eigenvalue weighted by atomic mass is 10.2. The first kappa shape index (κ1) is 25.5. The number of benzene rings is 2. The number of carbonyl (C=O) groups excluding carboxylic acids is 4. The molecule has 0 bridgehead atoms. The fourth-order valence-electron chi connectivity index (χ4n) is 3.58. The van der Waals surface area contributed by atoms with Crippen molar-refractivity contribution in [3.05, 3.63) is 36.4 Å². The second-order valence-corrected chi connectivity index (χ2v) is 7.84. The molecule has 1 aliphatic rings. The van der Waals surface area contributed by atoms with E-state index >= 15 is 0 Å². The van der Waals surface area contributed by atoms with Crippen molar-refractivity contribution in [3.8, 4) is 34.5 Å². The fourth-order valence-corrected chi connectivity index (χ4v) is 3.58. The van der Waals surface area contributed by atoms with Crippen molar-refractivity contribution in [2.24, 2.45) is 0 Å². The highest BCUT2D eigenvalue weighted by Crippen LogP contribution is 2.37. The second kappa shape index (κ2) is 11.4. The molecule has 1 fully saturated rings. The number of hydrogen-bond acceptors (Lipinski definition) is 10. The molecular formula is C25H26O10. The average molecular weight is 486 g/mol. The fraction of sp³-hybridized carbons (Fsp3) is 0.360. The predicted octanol–water partition coefficient (Wildman–Crippen LogP) is 3.77. The van der Waals surface area contributed by atoms with Crippen LogP contribution < -0.4 is 28.4 Å². The number of ether oxygens (including phenoxy) is 6. The normalized spacial score (nSPS) is 16.7. The molecule has 0 radical (unpaired) electrons. The summed E-state index contributed by atoms with van der Waals surface area (Å²) >= 11 is 0. The molecule has 2 aromatic carbocycles. The minimum absolute atomic E-state index is 0.0627. The zero-order chi connectivity index (χ0) is 25.5. The van der Waals surface area contributed by atoms with Gasteiger partial charge in [0, 0.05) is 39.8 Å². The van der Waals surface area contributed by atoms with Gasteiger partial charge in [0.1, 0.15) is 23.7 Å². The van der Waals surface area contributed by atoms with Crippen LogP contribution >= 0.6 is 0 Å². The largest absolute Gasteiger partial charge is 0.486 e. The van der Waals surface area contributed by atoms with Crippen molar-refractivity contribution in [1.82, 2.24) is 0 Å². The first-order valence-corrected chi connectivity index (χ1v) is 11.0. The molecule has 1 saturated carbocycles. The lowest BCUT2D eigenvalue weighted by Crippen LogP contribution is -2.31. The maximum atomic E-state index is 11.5. The second-order valence-electron chi connectivity index (χ2n) is 7.84. The Bertz CT molecular complexity index is 1040. The molecule has 0 aliphatic heterocycles. The summed E-state index contributed by atoms with van der Waals surface area (Å²) in [7, 11) is 0. The first-order valence-electron chi connectivity index (χ1n) is 11.0. The lowest BCUT2D eigenvalue weighted by molar-refractivity contribution is -0.134. The van der Waals surface area contributed by atoms with E-state index in [1.54, 1.807) is 12.1 Å². The molecular weight excluding hydrogens is 460 g/mol. The van der Waals surface area contributed by atoms with Gasteiger partial charge in [-0.3, -0.25) is 19.2 Å². The van der Waals surface area contributed by atoms with Crippen LogP contribution in [-0.4, -0.2) is 36.1 Å². The molecule has 35 heavy (non-hydrogen) atoms. The maximum absolute atomic E-state index is 11.5. The van der Waals surface area contributed by atoms with Gasteiger partial charge in [0.05, 0.1) is 0 Å². The smallest absolute Gasteiger partial charge is 0.308 e. The summed E-state index contributed by atoms with van der Waals surface area (Å²) in [6, 6.07) is 9.13. The molecule has 3 rings (SSSR count). The van der Waals surface area contributed by atoms with Crippen LogP contribution in [0.15, 0.2) is 36.4 Å². The van der Waals surface area contributed by atoms with E-state index in [4.69, 9.17) is 28.4 Å². The van der Waals surface area contributed by atoms with E-state index < -0.39 is 23.9 Å². The van der Waals surface area contributed by atoms with Gasteiger partial charge in [-0.05, 0) is 43.5 Å². The maximum Gasteiger partial charge on any atom is 0.308 e. The van der Waals surface area contributed by atoms with Gasteiger partial charge in [0.25, 0.3) is 0 Å². The topological polar surface area (TPSA) is 124 Å². The Hall–Kier alpha value is -4.08. The Kier molecular flexibility index (Phi) is 8.30. The van der Waals surface area contributed by atoms with Gasteiger partial charge in [0.2, 0.25) is 0 Å². The molecule has 1 aliphatic carbocycles. The molecule has 2 atom stereocenters. The van der Waals surface area contributed by atoms with Crippen LogP contribution in [0.4, 0.5) is 0 Å². The third kappa shape index (κ3) is 7.46. The summed E-state index contributed by atoms with van der Waals surface area (Å²) in [4.78, 5) is 45.6. The summed E-state index contributed by atoms with van der Waals surface area (Å²) in [5.74, 6) is -1.10. The van der Waals surface area contributed by atoms with Crippen molar-refractivity contribution >= 4 is 23.9 Å². The molecule has 0 N–H and O–H groups in total. The van der Waals surface area contributed by atoms with Crippen LogP contribution in [0.5, 0.6) is 34.5 Å². The van der Waals surface area contributed by atoms with E-state index in [2.05, 4.69) is 0 Å². The standard InChI is InChI=1S/C25H26O10/c1-14(26)30-22-10-8-18(12-24(22)32-16(3)28)34-20-6-5-7-21(20)35-19-9-11-23(31-15(2)27)25(13-19)33-17(4)29/h8-13,20-21H,5-7H2,1-4H3/t20-,21-/m1/s1. The van der Waals surface area contributed by atoms with Gasteiger partial charge < -0.3 is 28.4 Å². The molecule has 186 valence electrons. The SMILES string of the molecule is CC(=O)Oc1ccc(O[C@@H]2CCC[C@H]2Oc2ccc(OC(C)=O)c(OC(C)=O)c2)cc1OC(C)=O. The first-order chi connectivity index (χ1) is 16.6. The van der Waals surface area contributed by atoms with Crippen LogP contribution in [0.25, 0.3) is 0 Å². The van der Waals surface area contributed by atoms with Crippen LogP contribution in [0.3, 0.4) is 0 Å². The Morgan fingerprint density at radius 3 is 1.26 bits per heavy atom.